The maximum Gasteiger partial charge on any atom is 0.416 e. The van der Waals surface area contributed by atoms with Crippen LogP contribution in [0.2, 0.25) is 0 Å². The summed E-state index contributed by atoms with van der Waals surface area (Å²) >= 11 is 0. The predicted molar refractivity (Wildman–Crippen MR) is 106 cm³/mol. The van der Waals surface area contributed by atoms with Gasteiger partial charge in [-0.05, 0) is 18.6 Å². The number of sulfone groups is 1. The maximum absolute atomic E-state index is 12.8. The largest absolute Gasteiger partial charge is 0.416 e. The minimum Gasteiger partial charge on any atom is -0.379 e. The first kappa shape index (κ1) is 23.3. The van der Waals surface area contributed by atoms with E-state index in [2.05, 4.69) is 10.2 Å². The molecule has 2 aliphatic heterocycles. The van der Waals surface area contributed by atoms with Crippen LogP contribution >= 0.6 is 0 Å². The van der Waals surface area contributed by atoms with E-state index in [1.165, 1.54) is 0 Å². The first-order chi connectivity index (χ1) is 14.5. The van der Waals surface area contributed by atoms with Crippen molar-refractivity contribution in [2.24, 2.45) is 0 Å². The van der Waals surface area contributed by atoms with Crippen LogP contribution in [-0.2, 0) is 20.8 Å². The first-order valence-electron chi connectivity index (χ1n) is 9.78. The summed E-state index contributed by atoms with van der Waals surface area (Å²) in [7, 11) is -2.97. The van der Waals surface area contributed by atoms with Crippen LogP contribution in [0.15, 0.2) is 18.2 Å². The minimum atomic E-state index is -4.69. The number of nitrogens with zero attached hydrogens (tertiary/aromatic N) is 3. The molecule has 2 fully saturated rings. The molecule has 2 aliphatic rings. The summed E-state index contributed by atoms with van der Waals surface area (Å²) in [6.45, 7) is 2.09. The Balaban J connectivity index is 1.49. The number of nitro benzene ring substituents is 1. The highest BCUT2D eigenvalue weighted by Crippen LogP contribution is 2.35. The van der Waals surface area contributed by atoms with Crippen molar-refractivity contribution in [1.82, 2.24) is 9.80 Å². The Hall–Kier alpha value is -2.41. The van der Waals surface area contributed by atoms with Crippen molar-refractivity contribution in [1.29, 1.82) is 0 Å². The van der Waals surface area contributed by atoms with Gasteiger partial charge in [-0.2, -0.15) is 13.2 Å². The second kappa shape index (κ2) is 8.99. The molecule has 1 atom stereocenters. The molecule has 172 valence electrons. The van der Waals surface area contributed by atoms with Gasteiger partial charge in [0.05, 0.1) is 22.0 Å². The number of nitrogens with one attached hydrogen (secondary N) is 1. The van der Waals surface area contributed by atoms with E-state index in [-0.39, 0.29) is 42.1 Å². The Morgan fingerprint density at radius 1 is 1.23 bits per heavy atom. The van der Waals surface area contributed by atoms with Gasteiger partial charge in [0.25, 0.3) is 5.69 Å². The van der Waals surface area contributed by atoms with Crippen molar-refractivity contribution >= 4 is 27.1 Å². The lowest BCUT2D eigenvalue weighted by atomic mass is 10.1. The fourth-order valence-electron chi connectivity index (χ4n) is 3.87. The quantitative estimate of drug-likeness (QED) is 0.504. The summed E-state index contributed by atoms with van der Waals surface area (Å²) < 4.78 is 61.6. The fourth-order valence-corrected chi connectivity index (χ4v) is 5.63. The predicted octanol–water partition coefficient (Wildman–Crippen LogP) is 1.75. The van der Waals surface area contributed by atoms with Gasteiger partial charge in [0, 0.05) is 51.3 Å². The molecule has 0 bridgehead atoms. The number of rotatable bonds is 6. The van der Waals surface area contributed by atoms with Gasteiger partial charge >= 0.3 is 6.18 Å². The van der Waals surface area contributed by atoms with Gasteiger partial charge in [0.2, 0.25) is 5.91 Å². The number of nitro groups is 1. The van der Waals surface area contributed by atoms with Crippen LogP contribution in [0.4, 0.5) is 24.5 Å². The van der Waals surface area contributed by atoms with Gasteiger partial charge in [0.15, 0.2) is 9.84 Å². The van der Waals surface area contributed by atoms with Crippen molar-refractivity contribution < 1.29 is 31.3 Å². The van der Waals surface area contributed by atoms with Crippen molar-refractivity contribution in [3.63, 3.8) is 0 Å². The van der Waals surface area contributed by atoms with Crippen LogP contribution in [0.25, 0.3) is 0 Å². The Morgan fingerprint density at radius 3 is 2.45 bits per heavy atom. The standard InChI is InChI=1S/C18H23F3N4O5S/c19-18(20,21)13-1-2-15(16(11-13)25(27)28)22-5-3-17(26)24-8-6-23(7-9-24)14-4-10-31(29,30)12-14/h1-2,11,14,22H,3-10,12H2. The zero-order chi connectivity index (χ0) is 22.8. The van der Waals surface area contributed by atoms with Gasteiger partial charge in [-0.3, -0.25) is 19.8 Å². The van der Waals surface area contributed by atoms with Gasteiger partial charge in [0.1, 0.15) is 5.69 Å². The summed E-state index contributed by atoms with van der Waals surface area (Å²) in [5.41, 5.74) is -1.91. The third-order valence-corrected chi connectivity index (χ3v) is 7.32. The van der Waals surface area contributed by atoms with Gasteiger partial charge in [-0.25, -0.2) is 8.42 Å². The monoisotopic (exact) mass is 464 g/mol. The highest BCUT2D eigenvalue weighted by molar-refractivity contribution is 7.91. The van der Waals surface area contributed by atoms with Crippen LogP contribution in [-0.4, -0.2) is 79.3 Å². The van der Waals surface area contributed by atoms with Crippen molar-refractivity contribution in [2.75, 3.05) is 49.5 Å². The van der Waals surface area contributed by atoms with E-state index in [1.807, 2.05) is 0 Å². The molecule has 13 heteroatoms. The summed E-state index contributed by atoms with van der Waals surface area (Å²) in [6, 6.07) is 2.19. The molecule has 1 aromatic carbocycles. The molecule has 1 aromatic rings. The van der Waals surface area contributed by atoms with Crippen LogP contribution in [0, 0.1) is 10.1 Å². The van der Waals surface area contributed by atoms with E-state index in [4.69, 9.17) is 0 Å². The minimum absolute atomic E-state index is 0.0101. The Bertz CT molecular complexity index is 946. The summed E-state index contributed by atoms with van der Waals surface area (Å²) in [4.78, 5) is 26.3. The number of carbonyl (C=O) groups excluding carboxylic acids is 1. The second-order valence-corrected chi connectivity index (χ2v) is 9.87. The lowest BCUT2D eigenvalue weighted by Gasteiger charge is -2.37. The molecule has 0 aromatic heterocycles. The van der Waals surface area contributed by atoms with Crippen LogP contribution < -0.4 is 5.32 Å². The van der Waals surface area contributed by atoms with E-state index in [9.17, 15) is 36.5 Å². The molecule has 9 nitrogen and oxygen atoms in total. The molecule has 31 heavy (non-hydrogen) atoms. The normalized spacial score (nSPS) is 21.8. The third-order valence-electron chi connectivity index (χ3n) is 5.57. The van der Waals surface area contributed by atoms with Crippen molar-refractivity contribution in [3.05, 3.63) is 33.9 Å². The zero-order valence-electron chi connectivity index (χ0n) is 16.6. The molecule has 2 saturated heterocycles. The van der Waals surface area contributed by atoms with E-state index < -0.39 is 32.2 Å². The average molecular weight is 464 g/mol. The summed E-state index contributed by atoms with van der Waals surface area (Å²) in [5, 5.41) is 13.8. The molecule has 3 rings (SSSR count). The lowest BCUT2D eigenvalue weighted by molar-refractivity contribution is -0.384. The summed E-state index contributed by atoms with van der Waals surface area (Å²) in [5.74, 6) is 0.163. The fraction of sp³-hybridized carbons (Fsp3) is 0.611. The number of benzene rings is 1. The SMILES string of the molecule is O=C(CCNc1ccc(C(F)(F)F)cc1[N+](=O)[O-])N1CCN(C2CCS(=O)(=O)C2)CC1. The van der Waals surface area contributed by atoms with Crippen LogP contribution in [0.1, 0.15) is 18.4 Å². The number of halogens is 3. The zero-order valence-corrected chi connectivity index (χ0v) is 17.4. The molecule has 0 saturated carbocycles. The molecule has 0 aliphatic carbocycles. The molecule has 1 amide bonds. The average Bonchev–Trinajstić information content (AvgIpc) is 3.07. The topological polar surface area (TPSA) is 113 Å². The van der Waals surface area contributed by atoms with E-state index in [0.717, 1.165) is 12.1 Å². The third kappa shape index (κ3) is 5.85. The molecule has 0 radical (unpaired) electrons. The highest BCUT2D eigenvalue weighted by atomic mass is 32.2. The number of piperazine rings is 1. The second-order valence-electron chi connectivity index (χ2n) is 7.64. The smallest absolute Gasteiger partial charge is 0.379 e. The van der Waals surface area contributed by atoms with E-state index in [0.29, 0.717) is 38.7 Å². The first-order valence-corrected chi connectivity index (χ1v) is 11.6. The van der Waals surface area contributed by atoms with Crippen molar-refractivity contribution in [2.45, 2.75) is 25.1 Å². The van der Waals surface area contributed by atoms with E-state index in [1.54, 1.807) is 4.90 Å². The molecular weight excluding hydrogens is 441 g/mol. The van der Waals surface area contributed by atoms with Crippen LogP contribution in [0.3, 0.4) is 0 Å². The number of hydrogen-bond donors (Lipinski definition) is 1. The van der Waals surface area contributed by atoms with Gasteiger partial charge in [-0.1, -0.05) is 0 Å². The molecule has 1 unspecified atom stereocenters. The number of hydrogen-bond acceptors (Lipinski definition) is 7. The molecular formula is C18H23F3N4O5S. The number of alkyl halides is 3. The highest BCUT2D eigenvalue weighted by Gasteiger charge is 2.35. The Morgan fingerprint density at radius 2 is 1.90 bits per heavy atom. The van der Waals surface area contributed by atoms with E-state index >= 15 is 0 Å². The van der Waals surface area contributed by atoms with Crippen molar-refractivity contribution in [3.8, 4) is 0 Å². The molecule has 1 N–H and O–H groups in total. The lowest BCUT2D eigenvalue weighted by Crippen LogP contribution is -2.52. The number of anilines is 1. The number of amides is 1. The van der Waals surface area contributed by atoms with Gasteiger partial charge < -0.3 is 10.2 Å². The molecule has 2 heterocycles. The van der Waals surface area contributed by atoms with Crippen LogP contribution in [0.5, 0.6) is 0 Å². The summed E-state index contributed by atoms with van der Waals surface area (Å²) in [6.07, 6.45) is -4.06. The molecule has 0 spiro atoms. The number of carbonyl (C=O) groups is 1. The maximum atomic E-state index is 12.8. The Kier molecular flexibility index (Phi) is 6.74. The Labute approximate surface area is 177 Å². The van der Waals surface area contributed by atoms with Gasteiger partial charge in [-0.15, -0.1) is 0 Å².